The molecule has 1 fully saturated rings. The summed E-state index contributed by atoms with van der Waals surface area (Å²) in [5.41, 5.74) is 1.18. The van der Waals surface area contributed by atoms with Crippen LogP contribution in [-0.4, -0.2) is 36.0 Å². The average Bonchev–Trinajstić information content (AvgIpc) is 3.09. The molecule has 1 aliphatic heterocycles. The summed E-state index contributed by atoms with van der Waals surface area (Å²) in [7, 11) is 0. The van der Waals surface area contributed by atoms with Crippen molar-refractivity contribution in [1.82, 2.24) is 10.2 Å². The first-order valence-electron chi connectivity index (χ1n) is 8.21. The molecule has 0 spiro atoms. The van der Waals surface area contributed by atoms with Crippen molar-refractivity contribution in [3.8, 4) is 17.6 Å². The van der Waals surface area contributed by atoms with E-state index in [0.717, 1.165) is 5.69 Å². The lowest BCUT2D eigenvalue weighted by atomic mass is 10.2. The Kier molecular flexibility index (Phi) is 5.04. The SMILES string of the molecule is C[C@@H](Nc1ccc(Oc2ccccc2C#N)cc1)C(=O)N1CCNC1=O. The summed E-state index contributed by atoms with van der Waals surface area (Å²) >= 11 is 0. The average molecular weight is 350 g/mol. The fourth-order valence-electron chi connectivity index (χ4n) is 2.62. The minimum absolute atomic E-state index is 0.275. The molecule has 1 heterocycles. The van der Waals surface area contributed by atoms with Gasteiger partial charge in [-0.15, -0.1) is 0 Å². The van der Waals surface area contributed by atoms with Gasteiger partial charge in [0, 0.05) is 18.8 Å². The van der Waals surface area contributed by atoms with Crippen LogP contribution in [0.15, 0.2) is 48.5 Å². The van der Waals surface area contributed by atoms with Gasteiger partial charge in [0.25, 0.3) is 5.91 Å². The molecular formula is C19H18N4O3. The van der Waals surface area contributed by atoms with Crippen LogP contribution in [0.5, 0.6) is 11.5 Å². The number of rotatable bonds is 5. The van der Waals surface area contributed by atoms with E-state index < -0.39 is 6.04 Å². The van der Waals surface area contributed by atoms with Crippen molar-refractivity contribution < 1.29 is 14.3 Å². The van der Waals surface area contributed by atoms with Gasteiger partial charge in [0.15, 0.2) is 0 Å². The molecule has 7 nitrogen and oxygen atoms in total. The fraction of sp³-hybridized carbons (Fsp3) is 0.211. The summed E-state index contributed by atoms with van der Waals surface area (Å²) in [5, 5.41) is 14.8. The Morgan fingerprint density at radius 1 is 1.27 bits per heavy atom. The molecule has 1 saturated heterocycles. The second-order valence-corrected chi connectivity index (χ2v) is 5.82. The number of carbonyl (C=O) groups excluding carboxylic acids is 2. The highest BCUT2D eigenvalue weighted by Crippen LogP contribution is 2.26. The monoisotopic (exact) mass is 350 g/mol. The van der Waals surface area contributed by atoms with Gasteiger partial charge in [0.2, 0.25) is 0 Å². The molecule has 2 N–H and O–H groups in total. The number of anilines is 1. The molecule has 1 aliphatic rings. The quantitative estimate of drug-likeness (QED) is 0.864. The summed E-state index contributed by atoms with van der Waals surface area (Å²) in [6, 6.07) is 15.2. The van der Waals surface area contributed by atoms with Crippen molar-refractivity contribution in [2.24, 2.45) is 0 Å². The van der Waals surface area contributed by atoms with Crippen LogP contribution in [0.3, 0.4) is 0 Å². The van der Waals surface area contributed by atoms with Crippen molar-refractivity contribution >= 4 is 17.6 Å². The van der Waals surface area contributed by atoms with E-state index in [4.69, 9.17) is 10.00 Å². The molecule has 0 bridgehead atoms. The maximum absolute atomic E-state index is 12.3. The third-order valence-corrected chi connectivity index (χ3v) is 3.97. The number of imide groups is 1. The second-order valence-electron chi connectivity index (χ2n) is 5.82. The van der Waals surface area contributed by atoms with Gasteiger partial charge in [-0.3, -0.25) is 9.69 Å². The van der Waals surface area contributed by atoms with Gasteiger partial charge < -0.3 is 15.4 Å². The highest BCUT2D eigenvalue weighted by atomic mass is 16.5. The number of urea groups is 1. The van der Waals surface area contributed by atoms with Crippen LogP contribution in [0.2, 0.25) is 0 Å². The van der Waals surface area contributed by atoms with E-state index in [9.17, 15) is 9.59 Å². The lowest BCUT2D eigenvalue weighted by molar-refractivity contribution is -0.128. The first kappa shape index (κ1) is 17.3. The molecule has 0 aromatic heterocycles. The minimum Gasteiger partial charge on any atom is -0.456 e. The lowest BCUT2D eigenvalue weighted by Crippen LogP contribution is -2.43. The Morgan fingerprint density at radius 3 is 2.65 bits per heavy atom. The Bertz CT molecular complexity index is 858. The molecule has 132 valence electrons. The van der Waals surface area contributed by atoms with E-state index in [1.807, 2.05) is 0 Å². The summed E-state index contributed by atoms with van der Waals surface area (Å²) < 4.78 is 5.72. The molecule has 0 saturated carbocycles. The van der Waals surface area contributed by atoms with Crippen LogP contribution in [0, 0.1) is 11.3 Å². The zero-order valence-corrected chi connectivity index (χ0v) is 14.2. The summed E-state index contributed by atoms with van der Waals surface area (Å²) in [5.74, 6) is 0.790. The molecule has 1 atom stereocenters. The minimum atomic E-state index is -0.537. The van der Waals surface area contributed by atoms with Gasteiger partial charge in [-0.25, -0.2) is 4.79 Å². The number of para-hydroxylation sites is 1. The zero-order valence-electron chi connectivity index (χ0n) is 14.2. The van der Waals surface area contributed by atoms with Gasteiger partial charge in [-0.2, -0.15) is 5.26 Å². The van der Waals surface area contributed by atoms with Crippen LogP contribution in [0.1, 0.15) is 12.5 Å². The van der Waals surface area contributed by atoms with Crippen LogP contribution < -0.4 is 15.4 Å². The number of amides is 3. The van der Waals surface area contributed by atoms with E-state index in [1.165, 1.54) is 4.90 Å². The number of nitrogens with zero attached hydrogens (tertiary/aromatic N) is 2. The van der Waals surface area contributed by atoms with Gasteiger partial charge >= 0.3 is 6.03 Å². The molecule has 2 aromatic carbocycles. The van der Waals surface area contributed by atoms with E-state index in [-0.39, 0.29) is 11.9 Å². The van der Waals surface area contributed by atoms with Crippen LogP contribution in [0.25, 0.3) is 0 Å². The summed E-state index contributed by atoms with van der Waals surface area (Å²) in [4.78, 5) is 25.1. The normalized spacial score (nSPS) is 14.3. The molecule has 26 heavy (non-hydrogen) atoms. The largest absolute Gasteiger partial charge is 0.456 e. The van der Waals surface area contributed by atoms with Crippen LogP contribution in [0.4, 0.5) is 10.5 Å². The number of carbonyl (C=O) groups is 2. The van der Waals surface area contributed by atoms with E-state index in [0.29, 0.717) is 30.2 Å². The molecular weight excluding hydrogens is 332 g/mol. The van der Waals surface area contributed by atoms with Crippen molar-refractivity contribution in [1.29, 1.82) is 5.26 Å². The third kappa shape index (κ3) is 3.75. The Hall–Kier alpha value is -3.53. The zero-order chi connectivity index (χ0) is 18.5. The molecule has 7 heteroatoms. The van der Waals surface area contributed by atoms with Crippen LogP contribution in [-0.2, 0) is 4.79 Å². The standard InChI is InChI=1S/C19H18N4O3/c1-13(18(24)23-11-10-21-19(23)25)22-15-6-8-16(9-7-15)26-17-5-3-2-4-14(17)12-20/h2-9,13,22H,10-11H2,1H3,(H,21,25)/t13-/m1/s1. The van der Waals surface area contributed by atoms with Crippen molar-refractivity contribution in [3.05, 3.63) is 54.1 Å². The fourth-order valence-corrected chi connectivity index (χ4v) is 2.62. The molecule has 0 unspecified atom stereocenters. The number of hydrogen-bond donors (Lipinski definition) is 2. The maximum atomic E-state index is 12.3. The van der Waals surface area contributed by atoms with Gasteiger partial charge in [0.05, 0.1) is 5.56 Å². The second kappa shape index (κ2) is 7.57. The smallest absolute Gasteiger partial charge is 0.324 e. The van der Waals surface area contributed by atoms with Gasteiger partial charge in [-0.05, 0) is 43.3 Å². The van der Waals surface area contributed by atoms with E-state index in [1.54, 1.807) is 55.5 Å². The van der Waals surface area contributed by atoms with Gasteiger partial charge in [-0.1, -0.05) is 12.1 Å². The molecule has 0 aliphatic carbocycles. The van der Waals surface area contributed by atoms with E-state index in [2.05, 4.69) is 16.7 Å². The number of benzene rings is 2. The summed E-state index contributed by atoms with van der Waals surface area (Å²) in [6.45, 7) is 2.57. The molecule has 2 aromatic rings. The number of hydrogen-bond acceptors (Lipinski definition) is 5. The molecule has 3 rings (SSSR count). The number of nitrogens with one attached hydrogen (secondary N) is 2. The molecule has 0 radical (unpaired) electrons. The first-order valence-corrected chi connectivity index (χ1v) is 8.21. The third-order valence-electron chi connectivity index (χ3n) is 3.97. The lowest BCUT2D eigenvalue weighted by Gasteiger charge is -2.19. The highest BCUT2D eigenvalue weighted by Gasteiger charge is 2.29. The van der Waals surface area contributed by atoms with Crippen molar-refractivity contribution in [2.75, 3.05) is 18.4 Å². The molecule has 3 amide bonds. The van der Waals surface area contributed by atoms with Crippen molar-refractivity contribution in [2.45, 2.75) is 13.0 Å². The van der Waals surface area contributed by atoms with Gasteiger partial charge in [0.1, 0.15) is 23.6 Å². The Morgan fingerprint density at radius 2 is 2.00 bits per heavy atom. The maximum Gasteiger partial charge on any atom is 0.324 e. The number of ether oxygens (including phenoxy) is 1. The summed E-state index contributed by atoms with van der Waals surface area (Å²) in [6.07, 6.45) is 0. The Balaban J connectivity index is 1.63. The van der Waals surface area contributed by atoms with E-state index >= 15 is 0 Å². The first-order chi connectivity index (χ1) is 12.6. The van der Waals surface area contributed by atoms with Crippen LogP contribution >= 0.6 is 0 Å². The number of nitriles is 1. The topological polar surface area (TPSA) is 94.5 Å². The highest BCUT2D eigenvalue weighted by molar-refractivity contribution is 5.99. The predicted molar refractivity (Wildman–Crippen MR) is 95.9 cm³/mol. The predicted octanol–water partition coefficient (Wildman–Crippen LogP) is 2.70. The Labute approximate surface area is 151 Å². The van der Waals surface area contributed by atoms with Crippen molar-refractivity contribution in [3.63, 3.8) is 0 Å².